The van der Waals surface area contributed by atoms with Crippen molar-refractivity contribution < 1.29 is 8.42 Å². The van der Waals surface area contributed by atoms with Gasteiger partial charge in [-0.2, -0.15) is 0 Å². The van der Waals surface area contributed by atoms with Crippen LogP contribution in [-0.4, -0.2) is 39.5 Å². The molecule has 1 aromatic rings. The Labute approximate surface area is 127 Å². The Bertz CT molecular complexity index is 585. The van der Waals surface area contributed by atoms with Crippen molar-refractivity contribution in [2.75, 3.05) is 26.4 Å². The summed E-state index contributed by atoms with van der Waals surface area (Å²) in [5.41, 5.74) is 7.00. The van der Waals surface area contributed by atoms with Crippen LogP contribution in [0.4, 0.5) is 5.69 Å². The number of sulfonamides is 1. The molecule has 0 saturated heterocycles. The number of likely N-dealkylation sites (N-methyl/N-ethyl adjacent to an activating group) is 1. The van der Waals surface area contributed by atoms with Gasteiger partial charge >= 0.3 is 0 Å². The van der Waals surface area contributed by atoms with Crippen LogP contribution in [0.15, 0.2) is 23.1 Å². The van der Waals surface area contributed by atoms with Crippen LogP contribution >= 0.6 is 0 Å². The third kappa shape index (κ3) is 3.56. The molecule has 0 heterocycles. The van der Waals surface area contributed by atoms with Crippen molar-refractivity contribution in [2.45, 2.75) is 43.0 Å². The second-order valence-electron chi connectivity index (χ2n) is 6.23. The van der Waals surface area contributed by atoms with E-state index in [4.69, 9.17) is 5.73 Å². The Kier molecular flexibility index (Phi) is 4.60. The molecule has 21 heavy (non-hydrogen) atoms. The summed E-state index contributed by atoms with van der Waals surface area (Å²) in [5.74, 6) is 0. The zero-order valence-corrected chi connectivity index (χ0v) is 13.8. The van der Waals surface area contributed by atoms with E-state index < -0.39 is 10.0 Å². The first kappa shape index (κ1) is 16.3. The predicted molar refractivity (Wildman–Crippen MR) is 85.7 cm³/mol. The molecule has 0 aromatic heterocycles. The molecule has 0 atom stereocenters. The van der Waals surface area contributed by atoms with Crippen LogP contribution in [0.1, 0.15) is 31.2 Å². The van der Waals surface area contributed by atoms with Crippen molar-refractivity contribution in [1.29, 1.82) is 0 Å². The molecule has 0 bridgehead atoms. The number of nitrogens with zero attached hydrogens (tertiary/aromatic N) is 1. The number of rotatable bonds is 5. The first-order valence-corrected chi connectivity index (χ1v) is 8.78. The molecule has 1 aliphatic carbocycles. The van der Waals surface area contributed by atoms with E-state index in [1.807, 2.05) is 21.0 Å². The minimum Gasteiger partial charge on any atom is -0.399 e. The van der Waals surface area contributed by atoms with E-state index in [1.165, 1.54) is 6.07 Å². The molecule has 1 saturated carbocycles. The second kappa shape index (κ2) is 5.94. The molecule has 118 valence electrons. The highest BCUT2D eigenvalue weighted by atomic mass is 32.2. The van der Waals surface area contributed by atoms with Gasteiger partial charge in [-0.25, -0.2) is 13.1 Å². The lowest BCUT2D eigenvalue weighted by Gasteiger charge is -2.36. The average Bonchev–Trinajstić information content (AvgIpc) is 2.85. The van der Waals surface area contributed by atoms with Gasteiger partial charge < -0.3 is 10.6 Å². The molecule has 2 rings (SSSR count). The Morgan fingerprint density at radius 2 is 1.86 bits per heavy atom. The minimum atomic E-state index is -3.52. The van der Waals surface area contributed by atoms with E-state index in [0.29, 0.717) is 12.2 Å². The fraction of sp³-hybridized carbons (Fsp3) is 0.600. The zero-order chi connectivity index (χ0) is 15.7. The molecular weight excluding hydrogens is 286 g/mol. The van der Waals surface area contributed by atoms with Gasteiger partial charge in [0.25, 0.3) is 0 Å². The second-order valence-corrected chi connectivity index (χ2v) is 8.00. The van der Waals surface area contributed by atoms with E-state index in [0.717, 1.165) is 31.2 Å². The molecule has 1 aromatic carbocycles. The maximum absolute atomic E-state index is 12.5. The van der Waals surface area contributed by atoms with E-state index in [2.05, 4.69) is 9.62 Å². The summed E-state index contributed by atoms with van der Waals surface area (Å²) in [4.78, 5) is 2.39. The van der Waals surface area contributed by atoms with Crippen molar-refractivity contribution in [2.24, 2.45) is 0 Å². The smallest absolute Gasteiger partial charge is 0.240 e. The number of aryl methyl sites for hydroxylation is 1. The van der Waals surface area contributed by atoms with Gasteiger partial charge in [0.2, 0.25) is 10.0 Å². The minimum absolute atomic E-state index is 0.0670. The summed E-state index contributed by atoms with van der Waals surface area (Å²) in [7, 11) is 0.515. The van der Waals surface area contributed by atoms with E-state index in [9.17, 15) is 8.42 Å². The van der Waals surface area contributed by atoms with Crippen molar-refractivity contribution >= 4 is 15.7 Å². The summed E-state index contributed by atoms with van der Waals surface area (Å²) in [5, 5.41) is 0. The lowest BCUT2D eigenvalue weighted by atomic mass is 9.97. The maximum Gasteiger partial charge on any atom is 0.240 e. The Balaban J connectivity index is 2.17. The molecule has 6 heteroatoms. The molecule has 3 N–H and O–H groups in total. The van der Waals surface area contributed by atoms with Crippen LogP contribution in [0.2, 0.25) is 0 Å². The number of nitrogen functional groups attached to an aromatic ring is 1. The molecular formula is C15H25N3O2S. The van der Waals surface area contributed by atoms with Gasteiger partial charge in [-0.1, -0.05) is 12.8 Å². The van der Waals surface area contributed by atoms with Gasteiger partial charge in [0.1, 0.15) is 0 Å². The molecule has 0 aliphatic heterocycles. The fourth-order valence-electron chi connectivity index (χ4n) is 3.06. The first-order valence-electron chi connectivity index (χ1n) is 7.29. The van der Waals surface area contributed by atoms with Crippen LogP contribution < -0.4 is 10.5 Å². The number of nitrogens with one attached hydrogen (secondary N) is 1. The quantitative estimate of drug-likeness (QED) is 0.812. The van der Waals surface area contributed by atoms with Crippen LogP contribution in [-0.2, 0) is 10.0 Å². The van der Waals surface area contributed by atoms with Crippen molar-refractivity contribution in [3.63, 3.8) is 0 Å². The number of hydrogen-bond acceptors (Lipinski definition) is 4. The summed E-state index contributed by atoms with van der Waals surface area (Å²) in [6.45, 7) is 2.28. The molecule has 1 fully saturated rings. The van der Waals surface area contributed by atoms with E-state index in [-0.39, 0.29) is 10.4 Å². The van der Waals surface area contributed by atoms with Gasteiger partial charge in [-0.15, -0.1) is 0 Å². The number of hydrogen-bond donors (Lipinski definition) is 2. The van der Waals surface area contributed by atoms with Gasteiger partial charge in [-0.05, 0) is 57.6 Å². The van der Waals surface area contributed by atoms with E-state index >= 15 is 0 Å². The molecule has 1 aliphatic rings. The largest absolute Gasteiger partial charge is 0.399 e. The van der Waals surface area contributed by atoms with Crippen molar-refractivity contribution in [3.05, 3.63) is 23.8 Å². The third-order valence-electron chi connectivity index (χ3n) is 4.46. The predicted octanol–water partition coefficient (Wildman–Crippen LogP) is 1.73. The van der Waals surface area contributed by atoms with Crippen LogP contribution in [0.3, 0.4) is 0 Å². The number of nitrogens with two attached hydrogens (primary N) is 1. The normalized spacial score (nSPS) is 18.3. The Hall–Kier alpha value is -1.11. The molecule has 0 amide bonds. The highest BCUT2D eigenvalue weighted by Crippen LogP contribution is 2.33. The van der Waals surface area contributed by atoms with Crippen LogP contribution in [0.25, 0.3) is 0 Å². The van der Waals surface area contributed by atoms with Crippen LogP contribution in [0.5, 0.6) is 0 Å². The van der Waals surface area contributed by atoms with Gasteiger partial charge in [0, 0.05) is 17.8 Å². The lowest BCUT2D eigenvalue weighted by Crippen LogP contribution is -2.50. The average molecular weight is 311 g/mol. The topological polar surface area (TPSA) is 75.4 Å². The van der Waals surface area contributed by atoms with Crippen LogP contribution in [0, 0.1) is 6.92 Å². The number of benzene rings is 1. The summed E-state index contributed by atoms with van der Waals surface area (Å²) in [6, 6.07) is 4.92. The Morgan fingerprint density at radius 3 is 2.38 bits per heavy atom. The van der Waals surface area contributed by atoms with Gasteiger partial charge in [-0.3, -0.25) is 0 Å². The molecule has 0 unspecified atom stereocenters. The van der Waals surface area contributed by atoms with Gasteiger partial charge in [0.05, 0.1) is 4.90 Å². The molecule has 5 nitrogen and oxygen atoms in total. The number of anilines is 1. The summed E-state index contributed by atoms with van der Waals surface area (Å²) < 4.78 is 27.7. The van der Waals surface area contributed by atoms with Crippen molar-refractivity contribution in [3.8, 4) is 0 Å². The summed E-state index contributed by atoms with van der Waals surface area (Å²) in [6.07, 6.45) is 4.35. The third-order valence-corrected chi connectivity index (χ3v) is 5.84. The van der Waals surface area contributed by atoms with Gasteiger partial charge in [0.15, 0.2) is 0 Å². The molecule has 0 spiro atoms. The highest BCUT2D eigenvalue weighted by molar-refractivity contribution is 7.89. The molecule has 0 radical (unpaired) electrons. The zero-order valence-electron chi connectivity index (χ0n) is 13.0. The fourth-order valence-corrected chi connectivity index (χ4v) is 4.32. The highest BCUT2D eigenvalue weighted by Gasteiger charge is 2.37. The van der Waals surface area contributed by atoms with Crippen molar-refractivity contribution in [1.82, 2.24) is 9.62 Å². The first-order chi connectivity index (χ1) is 9.75. The maximum atomic E-state index is 12.5. The van der Waals surface area contributed by atoms with E-state index in [1.54, 1.807) is 12.1 Å². The monoisotopic (exact) mass is 311 g/mol. The summed E-state index contributed by atoms with van der Waals surface area (Å²) >= 11 is 0. The lowest BCUT2D eigenvalue weighted by molar-refractivity contribution is 0.162. The standard InChI is InChI=1S/C15H25N3O2S/c1-12-8-13(16)10-14(9-12)21(19,20)17-11-15(18(2)3)6-4-5-7-15/h8-10,17H,4-7,11,16H2,1-3H3. The Morgan fingerprint density at radius 1 is 1.24 bits per heavy atom. The SMILES string of the molecule is Cc1cc(N)cc(S(=O)(=O)NCC2(N(C)C)CCCC2)c1.